The number of thiazole rings is 1. The second-order valence-corrected chi connectivity index (χ2v) is 12.2. The van der Waals surface area contributed by atoms with Crippen molar-refractivity contribution < 1.29 is 27.1 Å². The zero-order valence-corrected chi connectivity index (χ0v) is 23.6. The number of carbonyl (C=O) groups excluding carboxylic acids is 1. The van der Waals surface area contributed by atoms with Crippen LogP contribution in [0.25, 0.3) is 0 Å². The highest BCUT2D eigenvalue weighted by Crippen LogP contribution is 2.44. The van der Waals surface area contributed by atoms with Crippen molar-refractivity contribution in [3.63, 3.8) is 0 Å². The quantitative estimate of drug-likeness (QED) is 0.350. The van der Waals surface area contributed by atoms with Gasteiger partial charge in [0.05, 0.1) is 38.1 Å². The van der Waals surface area contributed by atoms with Gasteiger partial charge in [-0.05, 0) is 12.1 Å². The predicted molar refractivity (Wildman–Crippen MR) is 144 cm³/mol. The summed E-state index contributed by atoms with van der Waals surface area (Å²) in [6.07, 6.45) is 3.22. The number of halogens is 2. The van der Waals surface area contributed by atoms with Crippen molar-refractivity contribution in [1.29, 1.82) is 0 Å². The molecule has 1 aromatic carbocycles. The summed E-state index contributed by atoms with van der Waals surface area (Å²) >= 11 is 7.79. The summed E-state index contributed by atoms with van der Waals surface area (Å²) in [6.45, 7) is 0.750. The molecule has 0 amide bonds. The first-order valence-electron chi connectivity index (χ1n) is 11.9. The number of hydrogen-bond acceptors (Lipinski definition) is 10. The summed E-state index contributed by atoms with van der Waals surface area (Å²) in [5.74, 6) is -0.814. The van der Waals surface area contributed by atoms with Crippen LogP contribution in [-0.2, 0) is 24.5 Å². The van der Waals surface area contributed by atoms with Gasteiger partial charge in [0, 0.05) is 53.9 Å². The molecule has 15 heteroatoms. The van der Waals surface area contributed by atoms with E-state index in [9.17, 15) is 17.6 Å². The van der Waals surface area contributed by atoms with Crippen LogP contribution >= 0.6 is 22.9 Å². The molecule has 0 aliphatic carbocycles. The van der Waals surface area contributed by atoms with Crippen molar-refractivity contribution in [2.24, 2.45) is 10.9 Å². The first-order chi connectivity index (χ1) is 18.7. The molecule has 0 bridgehead atoms. The van der Waals surface area contributed by atoms with Crippen molar-refractivity contribution in [3.8, 4) is 0 Å². The molecule has 2 saturated heterocycles. The van der Waals surface area contributed by atoms with Crippen molar-refractivity contribution in [1.82, 2.24) is 24.2 Å². The third-order valence-electron chi connectivity index (χ3n) is 6.96. The Balaban J connectivity index is 1.57. The molecule has 3 aliphatic rings. The van der Waals surface area contributed by atoms with E-state index >= 15 is 0 Å². The van der Waals surface area contributed by atoms with Crippen molar-refractivity contribution in [2.75, 3.05) is 40.9 Å². The van der Waals surface area contributed by atoms with Crippen LogP contribution in [0.15, 0.2) is 58.0 Å². The Hall–Kier alpha value is -3.04. The largest absolute Gasteiger partial charge is 0.503 e. The highest BCUT2D eigenvalue weighted by atomic mass is 35.5. The third-order valence-corrected chi connectivity index (χ3v) is 9.56. The van der Waals surface area contributed by atoms with E-state index < -0.39 is 28.0 Å². The molecule has 0 radical (unpaired) electrons. The number of ether oxygens (including phenoxy) is 2. The number of methoxy groups -OCH3 is 2. The maximum Gasteiger partial charge on any atom is 0.338 e. The lowest BCUT2D eigenvalue weighted by atomic mass is 9.86. The maximum absolute atomic E-state index is 13.9. The highest BCUT2D eigenvalue weighted by Gasteiger charge is 2.53. The normalized spacial score (nSPS) is 24.2. The number of amidine groups is 1. The van der Waals surface area contributed by atoms with Gasteiger partial charge in [-0.3, -0.25) is 4.99 Å². The molecule has 39 heavy (non-hydrogen) atoms. The predicted octanol–water partition coefficient (Wildman–Crippen LogP) is 2.02. The number of benzene rings is 1. The second-order valence-electron chi connectivity index (χ2n) is 9.00. The number of nitrogens with zero attached hydrogens (tertiary/aromatic N) is 4. The molecular weight excluding hydrogens is 571 g/mol. The Labute approximate surface area is 234 Å². The van der Waals surface area contributed by atoms with E-state index in [0.29, 0.717) is 28.6 Å². The number of esters is 1. The lowest BCUT2D eigenvalue weighted by Crippen LogP contribution is -2.55. The first kappa shape index (κ1) is 27.5. The standard InChI is InChI=1S/C24H26ClFN6O5S2/c1-27-39(34,35)31-9-15-18(11-31)32(19(15)12-36-2)10-17-20(24(33)37-3)21(14-5-4-13(26)8-16(14)25)30-22(29-17)23-28-6-7-38-23/h4-8,12,15,18,21,27H,9-11H2,1-3H3,(H,29,30)/b19-12+/t15?,18?,21-/m0/s1. The number of fused-ring (bicyclic) bond motifs is 1. The SMILES string of the molecule is CNS(=O)(=O)N1CC2/C(=C\OC)N(CC3=C(C(=O)OC)[C@H](c4ccc(F)cc4Cl)N=C(c4nccs4)N3)C2C1. The molecular formula is C24H26ClFN6O5S2. The Morgan fingerprint density at radius 2 is 2.15 bits per heavy atom. The minimum absolute atomic E-state index is 0.0757. The first-order valence-corrected chi connectivity index (χ1v) is 14.6. The van der Waals surface area contributed by atoms with Gasteiger partial charge in [0.25, 0.3) is 10.2 Å². The van der Waals surface area contributed by atoms with Crippen LogP contribution in [0.5, 0.6) is 0 Å². The molecule has 208 valence electrons. The van der Waals surface area contributed by atoms with E-state index in [1.165, 1.54) is 55.1 Å². The fourth-order valence-corrected chi connectivity index (χ4v) is 6.95. The smallest absolute Gasteiger partial charge is 0.338 e. The van der Waals surface area contributed by atoms with E-state index in [2.05, 4.69) is 15.0 Å². The second kappa shape index (κ2) is 10.8. The average molecular weight is 597 g/mol. The number of aromatic nitrogens is 1. The third kappa shape index (κ3) is 5.02. The molecule has 2 N–H and O–H groups in total. The lowest BCUT2D eigenvalue weighted by Gasteiger charge is -2.48. The summed E-state index contributed by atoms with van der Waals surface area (Å²) in [5.41, 5.74) is 1.89. The van der Waals surface area contributed by atoms with Gasteiger partial charge < -0.3 is 19.7 Å². The van der Waals surface area contributed by atoms with E-state index in [0.717, 1.165) is 5.70 Å². The fraction of sp³-hybridized carbons (Fsp3) is 0.375. The van der Waals surface area contributed by atoms with E-state index in [1.54, 1.807) is 17.8 Å². The summed E-state index contributed by atoms with van der Waals surface area (Å²) in [7, 11) is 0.540. The molecule has 2 fully saturated rings. The van der Waals surface area contributed by atoms with Gasteiger partial charge in [-0.15, -0.1) is 11.3 Å². The van der Waals surface area contributed by atoms with Crippen molar-refractivity contribution in [2.45, 2.75) is 12.1 Å². The zero-order valence-electron chi connectivity index (χ0n) is 21.2. The van der Waals surface area contributed by atoms with Crippen LogP contribution in [0.1, 0.15) is 16.6 Å². The van der Waals surface area contributed by atoms with Gasteiger partial charge in [-0.1, -0.05) is 17.7 Å². The summed E-state index contributed by atoms with van der Waals surface area (Å²) in [6, 6.07) is 2.85. The van der Waals surface area contributed by atoms with Crippen LogP contribution in [0, 0.1) is 11.7 Å². The molecule has 2 unspecified atom stereocenters. The molecule has 11 nitrogen and oxygen atoms in total. The molecule has 5 rings (SSSR count). The Bertz CT molecular complexity index is 1480. The summed E-state index contributed by atoms with van der Waals surface area (Å²) in [4.78, 5) is 24.3. The number of aliphatic imine (C=N–C) groups is 1. The lowest BCUT2D eigenvalue weighted by molar-refractivity contribution is -0.136. The van der Waals surface area contributed by atoms with Gasteiger partial charge in [-0.25, -0.2) is 18.9 Å². The monoisotopic (exact) mass is 596 g/mol. The molecule has 1 aromatic heterocycles. The Kier molecular flexibility index (Phi) is 7.66. The van der Waals surface area contributed by atoms with Crippen molar-refractivity contribution >= 4 is 45.0 Å². The fourth-order valence-electron chi connectivity index (χ4n) is 5.13. The van der Waals surface area contributed by atoms with Gasteiger partial charge in [0.1, 0.15) is 18.1 Å². The van der Waals surface area contributed by atoms with Gasteiger partial charge in [0.2, 0.25) is 0 Å². The van der Waals surface area contributed by atoms with Crippen LogP contribution in [0.4, 0.5) is 4.39 Å². The van der Waals surface area contributed by atoms with Crippen LogP contribution < -0.4 is 10.0 Å². The van der Waals surface area contributed by atoms with Gasteiger partial charge in [-0.2, -0.15) is 12.7 Å². The average Bonchev–Trinajstić information content (AvgIpc) is 3.59. The van der Waals surface area contributed by atoms with Crippen LogP contribution in [0.2, 0.25) is 5.02 Å². The van der Waals surface area contributed by atoms with Crippen LogP contribution in [0.3, 0.4) is 0 Å². The van der Waals surface area contributed by atoms with E-state index in [4.69, 9.17) is 26.1 Å². The molecule has 0 saturated carbocycles. The van der Waals surface area contributed by atoms with Gasteiger partial charge in [0.15, 0.2) is 10.8 Å². The number of nitrogens with one attached hydrogen (secondary N) is 2. The molecule has 3 aliphatic heterocycles. The Morgan fingerprint density at radius 1 is 1.36 bits per heavy atom. The zero-order chi connectivity index (χ0) is 27.9. The molecule has 2 aromatic rings. The molecule has 3 atom stereocenters. The minimum atomic E-state index is -3.62. The van der Waals surface area contributed by atoms with Crippen LogP contribution in [-0.4, -0.2) is 81.4 Å². The number of likely N-dealkylation sites (tertiary alicyclic amines) is 1. The maximum atomic E-state index is 13.9. The topological polar surface area (TPSA) is 125 Å². The minimum Gasteiger partial charge on any atom is -0.503 e. The van der Waals surface area contributed by atoms with Crippen molar-refractivity contribution in [3.05, 3.63) is 74.4 Å². The number of rotatable bonds is 8. The summed E-state index contributed by atoms with van der Waals surface area (Å²) in [5, 5.41) is 5.74. The van der Waals surface area contributed by atoms with E-state index in [-0.39, 0.29) is 35.6 Å². The molecule has 4 heterocycles. The Morgan fingerprint density at radius 3 is 2.79 bits per heavy atom. The van der Waals surface area contributed by atoms with Gasteiger partial charge >= 0.3 is 5.97 Å². The number of hydrogen-bond donors (Lipinski definition) is 2. The van der Waals surface area contributed by atoms with E-state index in [1.807, 2.05) is 4.90 Å². The number of carbonyl (C=O) groups is 1. The molecule has 0 spiro atoms. The summed E-state index contributed by atoms with van der Waals surface area (Å²) < 4.78 is 53.1. The highest BCUT2D eigenvalue weighted by molar-refractivity contribution is 7.87.